The molecule has 2 aromatic carbocycles. The minimum absolute atomic E-state index is 0.0992. The first kappa shape index (κ1) is 18.0. The van der Waals surface area contributed by atoms with Crippen molar-refractivity contribution >= 4 is 23.3 Å². The first-order valence-electron chi connectivity index (χ1n) is 8.47. The lowest BCUT2D eigenvalue weighted by Crippen LogP contribution is -2.25. The Hall–Kier alpha value is -2.85. The molecule has 3 rings (SSSR count). The lowest BCUT2D eigenvalue weighted by molar-refractivity contribution is 0.0954. The van der Waals surface area contributed by atoms with E-state index in [9.17, 15) is 4.79 Å². The van der Waals surface area contributed by atoms with Crippen molar-refractivity contribution < 1.29 is 4.79 Å². The van der Waals surface area contributed by atoms with Crippen molar-refractivity contribution in [1.29, 1.82) is 0 Å². The molecule has 132 valence electrons. The van der Waals surface area contributed by atoms with Crippen LogP contribution in [-0.4, -0.2) is 17.4 Å². The Balaban J connectivity index is 1.52. The van der Waals surface area contributed by atoms with Crippen molar-refractivity contribution in [3.63, 3.8) is 0 Å². The molecule has 1 aromatic heterocycles. The summed E-state index contributed by atoms with van der Waals surface area (Å²) in [4.78, 5) is 16.6. The van der Waals surface area contributed by atoms with E-state index in [4.69, 9.17) is 11.6 Å². The van der Waals surface area contributed by atoms with Crippen LogP contribution in [0.1, 0.15) is 21.5 Å². The van der Waals surface area contributed by atoms with Crippen LogP contribution in [0.2, 0.25) is 5.02 Å². The highest BCUT2D eigenvalue weighted by Gasteiger charge is 2.06. The van der Waals surface area contributed by atoms with Gasteiger partial charge in [-0.1, -0.05) is 54.1 Å². The van der Waals surface area contributed by atoms with Gasteiger partial charge in [0.1, 0.15) is 5.82 Å². The third-order valence-corrected chi connectivity index (χ3v) is 4.20. The predicted molar refractivity (Wildman–Crippen MR) is 105 cm³/mol. The molecule has 0 radical (unpaired) electrons. The number of benzene rings is 2. The second-order valence-corrected chi connectivity index (χ2v) is 6.34. The number of hydrogen-bond acceptors (Lipinski definition) is 3. The summed E-state index contributed by atoms with van der Waals surface area (Å²) in [6, 6.07) is 21.2. The number of carbonyl (C=O) groups excluding carboxylic acids is 1. The van der Waals surface area contributed by atoms with E-state index in [-0.39, 0.29) is 5.91 Å². The Morgan fingerprint density at radius 2 is 1.73 bits per heavy atom. The minimum Gasteiger partial charge on any atom is -0.366 e. The van der Waals surface area contributed by atoms with Crippen molar-refractivity contribution in [3.05, 3.63) is 94.6 Å². The summed E-state index contributed by atoms with van der Waals surface area (Å²) in [5.41, 5.74) is 2.88. The molecule has 0 fully saturated rings. The summed E-state index contributed by atoms with van der Waals surface area (Å²) in [7, 11) is 0. The normalized spacial score (nSPS) is 10.3. The molecule has 0 saturated carbocycles. The van der Waals surface area contributed by atoms with Crippen LogP contribution in [0, 0.1) is 0 Å². The van der Waals surface area contributed by atoms with Gasteiger partial charge in [0.05, 0.1) is 0 Å². The maximum Gasteiger partial charge on any atom is 0.251 e. The van der Waals surface area contributed by atoms with Crippen LogP contribution in [0.25, 0.3) is 0 Å². The number of halogens is 1. The molecule has 0 bridgehead atoms. The minimum atomic E-state index is -0.0992. The Labute approximate surface area is 158 Å². The first-order chi connectivity index (χ1) is 12.7. The Morgan fingerprint density at radius 1 is 0.962 bits per heavy atom. The zero-order chi connectivity index (χ0) is 18.2. The molecular formula is C21H20ClN3O. The van der Waals surface area contributed by atoms with E-state index < -0.39 is 0 Å². The second kappa shape index (κ2) is 9.02. The average molecular weight is 366 g/mol. The summed E-state index contributed by atoms with van der Waals surface area (Å²) in [5.74, 6) is 0.563. The fourth-order valence-electron chi connectivity index (χ4n) is 2.53. The first-order valence-corrected chi connectivity index (χ1v) is 8.85. The summed E-state index contributed by atoms with van der Waals surface area (Å²) in [5, 5.41) is 6.88. The summed E-state index contributed by atoms with van der Waals surface area (Å²) in [6.45, 7) is 1.21. The Bertz CT molecular complexity index is 851. The van der Waals surface area contributed by atoms with Crippen molar-refractivity contribution in [2.75, 3.05) is 11.9 Å². The fraction of sp³-hybridized carbons (Fsp3) is 0.143. The van der Waals surface area contributed by atoms with Gasteiger partial charge in [-0.2, -0.15) is 0 Å². The molecule has 0 atom stereocenters. The average Bonchev–Trinajstić information content (AvgIpc) is 2.68. The van der Waals surface area contributed by atoms with Crippen LogP contribution in [0.15, 0.2) is 72.9 Å². The molecule has 0 saturated heterocycles. The third-order valence-electron chi connectivity index (χ3n) is 3.95. The Kier molecular flexibility index (Phi) is 6.23. The fourth-order valence-corrected chi connectivity index (χ4v) is 2.66. The van der Waals surface area contributed by atoms with Crippen LogP contribution in [-0.2, 0) is 13.0 Å². The Morgan fingerprint density at radius 3 is 2.50 bits per heavy atom. The molecule has 0 aliphatic heterocycles. The number of aromatic nitrogens is 1. The van der Waals surface area contributed by atoms with E-state index in [0.717, 1.165) is 12.0 Å². The van der Waals surface area contributed by atoms with Crippen molar-refractivity contribution in [1.82, 2.24) is 10.3 Å². The number of rotatable bonds is 7. The number of carbonyl (C=O) groups is 1. The summed E-state index contributed by atoms with van der Waals surface area (Å²) < 4.78 is 0. The molecule has 1 heterocycles. The molecule has 0 aliphatic rings. The van der Waals surface area contributed by atoms with Gasteiger partial charge in [-0.25, -0.2) is 4.98 Å². The number of pyridine rings is 1. The lowest BCUT2D eigenvalue weighted by Gasteiger charge is -2.09. The van der Waals surface area contributed by atoms with Gasteiger partial charge in [-0.3, -0.25) is 4.79 Å². The van der Waals surface area contributed by atoms with Gasteiger partial charge in [-0.15, -0.1) is 0 Å². The molecule has 1 amide bonds. The SMILES string of the molecule is O=C(NCCc1ccccc1)c1ccnc(NCc2ccc(Cl)cc2)c1. The predicted octanol–water partition coefficient (Wildman–Crippen LogP) is 4.32. The molecule has 0 unspecified atom stereocenters. The summed E-state index contributed by atoms with van der Waals surface area (Å²) in [6.07, 6.45) is 2.44. The van der Waals surface area contributed by atoms with Gasteiger partial charge in [0.2, 0.25) is 0 Å². The standard InChI is InChI=1S/C21H20ClN3O/c22-19-8-6-17(7-9-19)15-25-20-14-18(11-13-23-20)21(26)24-12-10-16-4-2-1-3-5-16/h1-9,11,13-14H,10,12,15H2,(H,23,25)(H,24,26). The van der Waals surface area contributed by atoms with Crippen molar-refractivity contribution in [2.45, 2.75) is 13.0 Å². The quantitative estimate of drug-likeness (QED) is 0.655. The zero-order valence-corrected chi connectivity index (χ0v) is 15.0. The molecule has 4 nitrogen and oxygen atoms in total. The number of amides is 1. The van der Waals surface area contributed by atoms with Crippen LogP contribution >= 0.6 is 11.6 Å². The van der Waals surface area contributed by atoms with Crippen LogP contribution in [0.3, 0.4) is 0 Å². The van der Waals surface area contributed by atoms with Gasteiger partial charge in [0.25, 0.3) is 5.91 Å². The largest absolute Gasteiger partial charge is 0.366 e. The van der Waals surface area contributed by atoms with Crippen LogP contribution in [0.5, 0.6) is 0 Å². The van der Waals surface area contributed by atoms with Crippen molar-refractivity contribution in [2.24, 2.45) is 0 Å². The van der Waals surface area contributed by atoms with E-state index in [0.29, 0.717) is 29.5 Å². The van der Waals surface area contributed by atoms with Crippen LogP contribution < -0.4 is 10.6 Å². The lowest BCUT2D eigenvalue weighted by atomic mass is 10.1. The topological polar surface area (TPSA) is 54.0 Å². The molecule has 5 heteroatoms. The smallest absolute Gasteiger partial charge is 0.251 e. The maximum atomic E-state index is 12.3. The number of hydrogen-bond donors (Lipinski definition) is 2. The monoisotopic (exact) mass is 365 g/mol. The highest BCUT2D eigenvalue weighted by atomic mass is 35.5. The third kappa shape index (κ3) is 5.33. The zero-order valence-electron chi connectivity index (χ0n) is 14.3. The maximum absolute atomic E-state index is 12.3. The molecule has 2 N–H and O–H groups in total. The van der Waals surface area contributed by atoms with Gasteiger partial charge in [0.15, 0.2) is 0 Å². The number of nitrogens with zero attached hydrogens (tertiary/aromatic N) is 1. The molecule has 3 aromatic rings. The van der Waals surface area contributed by atoms with Gasteiger partial charge in [-0.05, 0) is 41.8 Å². The molecule has 26 heavy (non-hydrogen) atoms. The summed E-state index contributed by atoms with van der Waals surface area (Å²) >= 11 is 5.89. The van der Waals surface area contributed by atoms with Gasteiger partial charge in [0, 0.05) is 29.9 Å². The number of nitrogens with one attached hydrogen (secondary N) is 2. The van der Waals surface area contributed by atoms with Crippen molar-refractivity contribution in [3.8, 4) is 0 Å². The number of anilines is 1. The second-order valence-electron chi connectivity index (χ2n) is 5.90. The highest BCUT2D eigenvalue weighted by Crippen LogP contribution is 2.12. The van der Waals surface area contributed by atoms with Gasteiger partial charge >= 0.3 is 0 Å². The van der Waals surface area contributed by atoms with Crippen LogP contribution in [0.4, 0.5) is 5.82 Å². The molecule has 0 spiro atoms. The van der Waals surface area contributed by atoms with E-state index in [1.54, 1.807) is 18.3 Å². The highest BCUT2D eigenvalue weighted by molar-refractivity contribution is 6.30. The van der Waals surface area contributed by atoms with E-state index >= 15 is 0 Å². The van der Waals surface area contributed by atoms with E-state index in [1.807, 2.05) is 42.5 Å². The molecular weight excluding hydrogens is 346 g/mol. The molecule has 0 aliphatic carbocycles. The van der Waals surface area contributed by atoms with E-state index in [1.165, 1.54) is 5.56 Å². The van der Waals surface area contributed by atoms with Gasteiger partial charge < -0.3 is 10.6 Å². The van der Waals surface area contributed by atoms with E-state index in [2.05, 4.69) is 27.8 Å².